The molecule has 1 aliphatic heterocycles. The molecule has 0 bridgehead atoms. The van der Waals surface area contributed by atoms with Gasteiger partial charge in [-0.15, -0.1) is 0 Å². The zero-order chi connectivity index (χ0) is 16.3. The molecule has 0 unspecified atom stereocenters. The predicted molar refractivity (Wildman–Crippen MR) is 91.6 cm³/mol. The van der Waals surface area contributed by atoms with E-state index >= 15 is 0 Å². The number of thiocarbonyl (C=S) groups is 2. The Morgan fingerprint density at radius 1 is 1.41 bits per heavy atom. The largest absolute Gasteiger partial charge is 0.375 e. The van der Waals surface area contributed by atoms with E-state index in [0.29, 0.717) is 10.7 Å². The van der Waals surface area contributed by atoms with Gasteiger partial charge in [0.25, 0.3) is 5.91 Å². The highest BCUT2D eigenvalue weighted by atomic mass is 35.5. The van der Waals surface area contributed by atoms with Crippen molar-refractivity contribution in [2.75, 3.05) is 4.90 Å². The maximum Gasteiger partial charge on any atom is 0.251 e. The smallest absolute Gasteiger partial charge is 0.251 e. The average molecular weight is 356 g/mol. The minimum absolute atomic E-state index is 0.00993. The Hall–Kier alpha value is -2.10. The summed E-state index contributed by atoms with van der Waals surface area (Å²) in [5, 5.41) is 6.52. The van der Waals surface area contributed by atoms with Crippen LogP contribution in [0.5, 0.6) is 0 Å². The van der Waals surface area contributed by atoms with Gasteiger partial charge in [0.05, 0.1) is 5.69 Å². The summed E-state index contributed by atoms with van der Waals surface area (Å²) in [6, 6.07) is 6.46. The highest BCUT2D eigenvalue weighted by Crippen LogP contribution is 2.22. The number of anilines is 1. The first kappa shape index (κ1) is 16.3. The normalized spacial score (nSPS) is 18.5. The third-order valence-electron chi connectivity index (χ3n) is 2.69. The van der Waals surface area contributed by atoms with Crippen LogP contribution in [0, 0.1) is 5.92 Å². The Bertz CT molecular complexity index is 677. The molecule has 1 heterocycles. The molecule has 0 aromatic heterocycles. The van der Waals surface area contributed by atoms with E-state index in [4.69, 9.17) is 29.6 Å². The van der Waals surface area contributed by atoms with Crippen LogP contribution in [0.2, 0.25) is 5.02 Å². The van der Waals surface area contributed by atoms with E-state index in [1.807, 2.05) is 0 Å². The van der Waals surface area contributed by atoms with Gasteiger partial charge in [-0.05, 0) is 48.7 Å². The summed E-state index contributed by atoms with van der Waals surface area (Å²) in [6.45, 7) is 0. The molecule has 0 spiro atoms. The van der Waals surface area contributed by atoms with Crippen molar-refractivity contribution in [3.63, 3.8) is 0 Å². The van der Waals surface area contributed by atoms with Crippen molar-refractivity contribution in [1.82, 2.24) is 10.7 Å². The second-order valence-electron chi connectivity index (χ2n) is 4.18. The van der Waals surface area contributed by atoms with E-state index in [1.54, 1.807) is 24.3 Å². The van der Waals surface area contributed by atoms with E-state index in [1.165, 1.54) is 4.90 Å². The van der Waals surface area contributed by atoms with Gasteiger partial charge in [-0.25, -0.2) is 0 Å². The molecule has 2 rings (SSSR count). The molecule has 7 nitrogen and oxygen atoms in total. The molecule has 1 saturated heterocycles. The zero-order valence-corrected chi connectivity index (χ0v) is 13.3. The van der Waals surface area contributed by atoms with E-state index in [9.17, 15) is 9.59 Å². The van der Waals surface area contributed by atoms with E-state index in [-0.39, 0.29) is 10.2 Å². The molecule has 1 aromatic carbocycles. The third-order valence-corrected chi connectivity index (χ3v) is 3.31. The van der Waals surface area contributed by atoms with Gasteiger partial charge in [0.15, 0.2) is 16.1 Å². The van der Waals surface area contributed by atoms with Crippen LogP contribution in [0.25, 0.3) is 0 Å². The number of rotatable bonds is 3. The minimum atomic E-state index is -1.15. The second kappa shape index (κ2) is 6.77. The van der Waals surface area contributed by atoms with Crippen LogP contribution in [0.1, 0.15) is 0 Å². The van der Waals surface area contributed by atoms with Gasteiger partial charge in [-0.1, -0.05) is 11.6 Å². The summed E-state index contributed by atoms with van der Waals surface area (Å²) in [5.41, 5.74) is 7.98. The van der Waals surface area contributed by atoms with Gasteiger partial charge in [0, 0.05) is 11.2 Å². The Morgan fingerprint density at radius 2 is 2.05 bits per heavy atom. The van der Waals surface area contributed by atoms with Gasteiger partial charge >= 0.3 is 0 Å². The number of carbonyl (C=O) groups is 2. The Balaban J connectivity index is 2.27. The maximum absolute atomic E-state index is 12.5. The fraction of sp³-hybridized carbons (Fsp3) is 0.0833. The fourth-order valence-electron chi connectivity index (χ4n) is 1.73. The molecule has 0 saturated carbocycles. The molecular formula is C12H10ClN5O2S2. The number of hydrogen-bond donors (Lipinski definition) is 3. The SMILES string of the molecule is NC(=S)N/N=C\[C@H]1C(=O)NC(=S)N(c2ccc(Cl)cc2)C1=O. The number of benzene rings is 1. The van der Waals surface area contributed by atoms with Crippen LogP contribution in [-0.4, -0.2) is 28.3 Å². The summed E-state index contributed by atoms with van der Waals surface area (Å²) in [4.78, 5) is 25.5. The maximum atomic E-state index is 12.5. The van der Waals surface area contributed by atoms with Crippen molar-refractivity contribution < 1.29 is 9.59 Å². The summed E-state index contributed by atoms with van der Waals surface area (Å²) in [7, 11) is 0. The molecule has 114 valence electrons. The third kappa shape index (κ3) is 3.56. The van der Waals surface area contributed by atoms with E-state index in [2.05, 4.69) is 28.1 Å². The number of hydrogen-bond acceptors (Lipinski definition) is 5. The van der Waals surface area contributed by atoms with Gasteiger partial charge in [-0.3, -0.25) is 19.9 Å². The molecule has 10 heteroatoms. The first-order valence-corrected chi connectivity index (χ1v) is 7.12. The van der Waals surface area contributed by atoms with Crippen molar-refractivity contribution in [1.29, 1.82) is 0 Å². The number of hydrazone groups is 1. The second-order valence-corrected chi connectivity index (χ2v) is 5.44. The Labute approximate surface area is 141 Å². The average Bonchev–Trinajstić information content (AvgIpc) is 2.44. The minimum Gasteiger partial charge on any atom is -0.375 e. The van der Waals surface area contributed by atoms with Crippen molar-refractivity contribution in [2.45, 2.75) is 0 Å². The lowest BCUT2D eigenvalue weighted by molar-refractivity contribution is -0.130. The van der Waals surface area contributed by atoms with Crippen LogP contribution < -0.4 is 21.4 Å². The van der Waals surface area contributed by atoms with Crippen LogP contribution in [-0.2, 0) is 9.59 Å². The van der Waals surface area contributed by atoms with Crippen LogP contribution in [0.15, 0.2) is 29.4 Å². The quantitative estimate of drug-likeness (QED) is 0.316. The van der Waals surface area contributed by atoms with Crippen molar-refractivity contribution in [2.24, 2.45) is 16.8 Å². The fourth-order valence-corrected chi connectivity index (χ4v) is 2.21. The van der Waals surface area contributed by atoms with Crippen molar-refractivity contribution in [3.8, 4) is 0 Å². The standard InChI is InChI=1S/C12H10ClN5O2S2/c13-6-1-3-7(4-2-6)18-10(20)8(5-15-17-11(14)21)9(19)16-12(18)22/h1-5,8H,(H3,14,17,21)(H,16,19,22)/b15-5-/t8-/m0/s1. The lowest BCUT2D eigenvalue weighted by atomic mass is 10.1. The molecule has 0 radical (unpaired) electrons. The Kier molecular flexibility index (Phi) is 5.01. The summed E-state index contributed by atoms with van der Waals surface area (Å²) < 4.78 is 0. The van der Waals surface area contributed by atoms with E-state index in [0.717, 1.165) is 6.21 Å². The van der Waals surface area contributed by atoms with Crippen LogP contribution in [0.3, 0.4) is 0 Å². The lowest BCUT2D eigenvalue weighted by Crippen LogP contribution is -2.58. The number of amides is 2. The predicted octanol–water partition coefficient (Wildman–Crippen LogP) is 0.523. The van der Waals surface area contributed by atoms with Crippen LogP contribution >= 0.6 is 36.0 Å². The summed E-state index contributed by atoms with van der Waals surface area (Å²) in [6.07, 6.45) is 1.11. The Morgan fingerprint density at radius 3 is 2.64 bits per heavy atom. The number of halogens is 1. The molecule has 1 atom stereocenters. The molecule has 1 aromatic rings. The first-order chi connectivity index (χ1) is 10.4. The van der Waals surface area contributed by atoms with Crippen molar-refractivity contribution >= 4 is 70.0 Å². The lowest BCUT2D eigenvalue weighted by Gasteiger charge is -2.30. The summed E-state index contributed by atoms with van der Waals surface area (Å²) in [5.74, 6) is -2.26. The van der Waals surface area contributed by atoms with Gasteiger partial charge in [0.1, 0.15) is 0 Å². The number of nitrogens with zero attached hydrogens (tertiary/aromatic N) is 2. The van der Waals surface area contributed by atoms with Gasteiger partial charge in [0.2, 0.25) is 5.91 Å². The monoisotopic (exact) mass is 355 g/mol. The number of nitrogens with two attached hydrogens (primary N) is 1. The van der Waals surface area contributed by atoms with Gasteiger partial charge in [-0.2, -0.15) is 5.10 Å². The zero-order valence-electron chi connectivity index (χ0n) is 10.9. The van der Waals surface area contributed by atoms with Crippen LogP contribution in [0.4, 0.5) is 5.69 Å². The summed E-state index contributed by atoms with van der Waals surface area (Å²) >= 11 is 15.4. The first-order valence-electron chi connectivity index (χ1n) is 5.93. The number of nitrogens with one attached hydrogen (secondary N) is 2. The molecular weight excluding hydrogens is 346 g/mol. The molecule has 1 aliphatic rings. The highest BCUT2D eigenvalue weighted by molar-refractivity contribution is 7.80. The van der Waals surface area contributed by atoms with Gasteiger partial charge < -0.3 is 11.1 Å². The van der Waals surface area contributed by atoms with E-state index < -0.39 is 17.7 Å². The number of carbonyl (C=O) groups excluding carboxylic acids is 2. The highest BCUT2D eigenvalue weighted by Gasteiger charge is 2.38. The molecule has 4 N–H and O–H groups in total. The molecule has 22 heavy (non-hydrogen) atoms. The molecule has 2 amide bonds. The molecule has 1 fully saturated rings. The van der Waals surface area contributed by atoms with Crippen molar-refractivity contribution in [3.05, 3.63) is 29.3 Å². The topological polar surface area (TPSA) is 99.8 Å². The molecule has 0 aliphatic carbocycles.